The molecule has 1 heterocycles. The van der Waals surface area contributed by atoms with Gasteiger partial charge in [0.25, 0.3) is 5.91 Å². The summed E-state index contributed by atoms with van der Waals surface area (Å²) in [6, 6.07) is 6.72. The molecule has 1 aromatic heterocycles. The van der Waals surface area contributed by atoms with Crippen molar-refractivity contribution in [3.63, 3.8) is 0 Å². The summed E-state index contributed by atoms with van der Waals surface area (Å²) >= 11 is 0. The number of carbonyl (C=O) groups excluding carboxylic acids is 3. The molecule has 0 spiro atoms. The van der Waals surface area contributed by atoms with Crippen LogP contribution in [0.1, 0.15) is 12.6 Å². The van der Waals surface area contributed by atoms with Crippen molar-refractivity contribution in [1.29, 1.82) is 0 Å². The van der Waals surface area contributed by atoms with E-state index in [9.17, 15) is 14.4 Å². The van der Waals surface area contributed by atoms with Crippen LogP contribution in [0.4, 0.5) is 4.79 Å². The van der Waals surface area contributed by atoms with Gasteiger partial charge in [-0.1, -0.05) is 12.0 Å². The number of urea groups is 1. The largest absolute Gasteiger partial charge is 0.336 e. The fourth-order valence-corrected chi connectivity index (χ4v) is 1.22. The van der Waals surface area contributed by atoms with Crippen LogP contribution in [-0.2, 0) is 9.59 Å². The SMILES string of the molecule is CC#CNC(=O)N(C[C]=O)C(=O)C=Cc1ccccn1. The molecule has 3 amide bonds. The number of aromatic nitrogens is 1. The number of imide groups is 1. The van der Waals surface area contributed by atoms with Gasteiger partial charge < -0.3 is 0 Å². The zero-order valence-corrected chi connectivity index (χ0v) is 10.8. The molecular weight excluding hydrogens is 258 g/mol. The van der Waals surface area contributed by atoms with Gasteiger partial charge in [-0.15, -0.1) is 0 Å². The van der Waals surface area contributed by atoms with Gasteiger partial charge in [0.2, 0.25) is 6.29 Å². The fraction of sp³-hybridized carbons (Fsp3) is 0.143. The summed E-state index contributed by atoms with van der Waals surface area (Å²) in [5, 5.41) is 2.17. The van der Waals surface area contributed by atoms with Crippen molar-refractivity contribution in [2.45, 2.75) is 6.92 Å². The van der Waals surface area contributed by atoms with Gasteiger partial charge in [0, 0.05) is 18.3 Å². The molecule has 20 heavy (non-hydrogen) atoms. The van der Waals surface area contributed by atoms with Crippen molar-refractivity contribution in [2.75, 3.05) is 6.54 Å². The molecule has 0 atom stereocenters. The van der Waals surface area contributed by atoms with E-state index in [1.165, 1.54) is 19.3 Å². The zero-order chi connectivity index (χ0) is 14.8. The van der Waals surface area contributed by atoms with E-state index in [1.807, 2.05) is 0 Å². The molecule has 1 radical (unpaired) electrons. The lowest BCUT2D eigenvalue weighted by Gasteiger charge is -2.14. The summed E-state index contributed by atoms with van der Waals surface area (Å²) < 4.78 is 0. The van der Waals surface area contributed by atoms with E-state index in [0.29, 0.717) is 10.6 Å². The molecule has 0 unspecified atom stereocenters. The van der Waals surface area contributed by atoms with Gasteiger partial charge in [-0.2, -0.15) is 0 Å². The van der Waals surface area contributed by atoms with E-state index >= 15 is 0 Å². The molecule has 0 aliphatic rings. The molecule has 0 bridgehead atoms. The Morgan fingerprint density at radius 1 is 1.45 bits per heavy atom. The van der Waals surface area contributed by atoms with Crippen LogP contribution in [0.3, 0.4) is 0 Å². The van der Waals surface area contributed by atoms with Gasteiger partial charge in [-0.05, 0) is 25.1 Å². The van der Waals surface area contributed by atoms with Crippen molar-refractivity contribution < 1.29 is 14.4 Å². The fourth-order valence-electron chi connectivity index (χ4n) is 1.22. The highest BCUT2D eigenvalue weighted by molar-refractivity contribution is 6.03. The number of nitrogens with zero attached hydrogens (tertiary/aromatic N) is 2. The van der Waals surface area contributed by atoms with Crippen molar-refractivity contribution in [2.24, 2.45) is 0 Å². The number of rotatable bonds is 4. The summed E-state index contributed by atoms with van der Waals surface area (Å²) in [7, 11) is 0. The number of nitrogens with one attached hydrogen (secondary N) is 1. The minimum Gasteiger partial charge on any atom is -0.289 e. The lowest BCUT2D eigenvalue weighted by atomic mass is 10.3. The first kappa shape index (κ1) is 15.1. The molecule has 0 aliphatic heterocycles. The standard InChI is InChI=1S/C14H12N3O3/c1-2-8-16-14(20)17(10-11-18)13(19)7-6-12-5-3-4-9-15-12/h3-7,9H,10H2,1H3,(H,16,20). The highest BCUT2D eigenvalue weighted by atomic mass is 16.2. The van der Waals surface area contributed by atoms with Gasteiger partial charge >= 0.3 is 6.03 Å². The number of carbonyl (C=O) groups is 2. The van der Waals surface area contributed by atoms with E-state index in [-0.39, 0.29) is 0 Å². The third kappa shape index (κ3) is 4.74. The highest BCUT2D eigenvalue weighted by Crippen LogP contribution is 1.99. The van der Waals surface area contributed by atoms with Crippen LogP contribution < -0.4 is 5.32 Å². The molecule has 6 heteroatoms. The maximum Gasteiger partial charge on any atom is 0.336 e. The lowest BCUT2D eigenvalue weighted by Crippen LogP contribution is -2.42. The smallest absolute Gasteiger partial charge is 0.289 e. The molecule has 1 aromatic rings. The second-order valence-electron chi connectivity index (χ2n) is 3.46. The summed E-state index contributed by atoms with van der Waals surface area (Å²) in [6.07, 6.45) is 5.67. The van der Waals surface area contributed by atoms with E-state index in [2.05, 4.69) is 22.3 Å². The Morgan fingerprint density at radius 2 is 2.25 bits per heavy atom. The molecular formula is C14H12N3O3. The number of hydrogen-bond acceptors (Lipinski definition) is 4. The van der Waals surface area contributed by atoms with Crippen molar-refractivity contribution >= 4 is 24.3 Å². The quantitative estimate of drug-likeness (QED) is 0.497. The molecule has 0 saturated heterocycles. The van der Waals surface area contributed by atoms with Crippen molar-refractivity contribution in [3.05, 3.63) is 36.2 Å². The summed E-state index contributed by atoms with van der Waals surface area (Å²) in [6.45, 7) is 1.06. The van der Waals surface area contributed by atoms with E-state index in [4.69, 9.17) is 0 Å². The Labute approximate surface area is 116 Å². The highest BCUT2D eigenvalue weighted by Gasteiger charge is 2.18. The second-order valence-corrected chi connectivity index (χ2v) is 3.46. The summed E-state index contributed by atoms with van der Waals surface area (Å²) in [5.74, 6) is 1.79. The monoisotopic (exact) mass is 270 g/mol. The molecule has 1 N–H and O–H groups in total. The van der Waals surface area contributed by atoms with Crippen LogP contribution in [-0.4, -0.2) is 34.7 Å². The molecule has 0 aromatic carbocycles. The minimum atomic E-state index is -0.779. The number of pyridine rings is 1. The third-order valence-corrected chi connectivity index (χ3v) is 2.11. The van der Waals surface area contributed by atoms with Crippen LogP contribution in [0.5, 0.6) is 0 Å². The molecule has 101 valence electrons. The van der Waals surface area contributed by atoms with Crippen molar-refractivity contribution in [3.8, 4) is 12.0 Å². The van der Waals surface area contributed by atoms with Gasteiger partial charge in [-0.3, -0.25) is 24.8 Å². The van der Waals surface area contributed by atoms with E-state index in [1.54, 1.807) is 24.4 Å². The lowest BCUT2D eigenvalue weighted by molar-refractivity contribution is -0.122. The first-order chi connectivity index (χ1) is 9.69. The Bertz CT molecular complexity index is 570. The predicted octanol–water partition coefficient (Wildman–Crippen LogP) is 0.723. The zero-order valence-electron chi connectivity index (χ0n) is 10.8. The van der Waals surface area contributed by atoms with E-state index in [0.717, 1.165) is 6.08 Å². The Balaban J connectivity index is 2.77. The molecule has 6 nitrogen and oxygen atoms in total. The average Bonchev–Trinajstić information content (AvgIpc) is 2.49. The minimum absolute atomic E-state index is 0.470. The van der Waals surface area contributed by atoms with Crippen LogP contribution in [0.15, 0.2) is 30.5 Å². The maximum absolute atomic E-state index is 11.8. The van der Waals surface area contributed by atoms with Crippen LogP contribution in [0.25, 0.3) is 6.08 Å². The van der Waals surface area contributed by atoms with Crippen LogP contribution in [0.2, 0.25) is 0 Å². The molecule has 0 aliphatic carbocycles. The Hall–Kier alpha value is -2.94. The topological polar surface area (TPSA) is 79.4 Å². The molecule has 0 fully saturated rings. The normalized spacial score (nSPS) is 9.45. The molecule has 0 saturated carbocycles. The summed E-state index contributed by atoms with van der Waals surface area (Å²) in [4.78, 5) is 38.5. The van der Waals surface area contributed by atoms with E-state index < -0.39 is 18.5 Å². The predicted molar refractivity (Wildman–Crippen MR) is 72.7 cm³/mol. The average molecular weight is 270 g/mol. The van der Waals surface area contributed by atoms with Gasteiger partial charge in [0.1, 0.15) is 0 Å². The number of amides is 3. The third-order valence-electron chi connectivity index (χ3n) is 2.11. The van der Waals surface area contributed by atoms with Gasteiger partial charge in [0.15, 0.2) is 0 Å². The maximum atomic E-state index is 11.8. The summed E-state index contributed by atoms with van der Waals surface area (Å²) in [5.41, 5.74) is 0.560. The second kappa shape index (κ2) is 8.21. The van der Waals surface area contributed by atoms with Crippen molar-refractivity contribution in [1.82, 2.24) is 15.2 Å². The Kier molecular flexibility index (Phi) is 6.21. The molecule has 1 rings (SSSR count). The Morgan fingerprint density at radius 3 is 2.85 bits per heavy atom. The first-order valence-electron chi connectivity index (χ1n) is 5.66. The van der Waals surface area contributed by atoms with Crippen LogP contribution >= 0.6 is 0 Å². The van der Waals surface area contributed by atoms with Crippen LogP contribution in [0, 0.1) is 12.0 Å². The van der Waals surface area contributed by atoms with Gasteiger partial charge in [-0.25, -0.2) is 4.79 Å². The number of hydrogen-bond donors (Lipinski definition) is 1. The first-order valence-corrected chi connectivity index (χ1v) is 5.66. The van der Waals surface area contributed by atoms with Gasteiger partial charge in [0.05, 0.1) is 12.2 Å².